The van der Waals surface area contributed by atoms with Crippen molar-refractivity contribution in [2.45, 2.75) is 41.7 Å². The van der Waals surface area contributed by atoms with Crippen molar-refractivity contribution in [3.63, 3.8) is 0 Å². The minimum Gasteiger partial charge on any atom is -0.409 e. The lowest BCUT2D eigenvalue weighted by atomic mass is 9.91. The molecule has 3 nitrogen and oxygen atoms in total. The molecule has 156 valence electrons. The van der Waals surface area contributed by atoms with E-state index in [1.54, 1.807) is 0 Å². The predicted molar refractivity (Wildman–Crippen MR) is 49.1 cm³/mol. The highest BCUT2D eigenvalue weighted by Gasteiger charge is 2.93. The van der Waals surface area contributed by atoms with Crippen LogP contribution in [0.15, 0.2) is 5.16 Å². The average molecular weight is 428 g/mol. The lowest BCUT2D eigenvalue weighted by Crippen LogP contribution is -2.73. The van der Waals surface area contributed by atoms with Crippen LogP contribution in [-0.4, -0.2) is 52.8 Å². The van der Waals surface area contributed by atoms with Gasteiger partial charge < -0.3 is 10.9 Å². The molecule has 18 heteroatoms. The maximum Gasteiger partial charge on any atom is 0.460 e. The molecule has 3 N–H and O–H groups in total. The number of hydrogen-bond donors (Lipinski definition) is 2. The topological polar surface area (TPSA) is 58.6 Å². The fraction of sp³-hybridized carbons (Fsp3) is 0.875. The molecule has 0 aliphatic heterocycles. The highest BCUT2D eigenvalue weighted by molar-refractivity contribution is 5.88. The molecule has 0 aliphatic rings. The standard InChI is InChI=1S/C8H3F15N2O/c9-2(10,1(24)25-26)3(11,12)4(13,14)5(15,16)6(17,18)7(19,20)8(21,22)23/h26H,(H2,24,25). The van der Waals surface area contributed by atoms with Gasteiger partial charge in [0.05, 0.1) is 0 Å². The summed E-state index contributed by atoms with van der Waals surface area (Å²) in [7, 11) is 0. The zero-order valence-electron chi connectivity index (χ0n) is 11.1. The van der Waals surface area contributed by atoms with Gasteiger partial charge in [0.15, 0.2) is 0 Å². The van der Waals surface area contributed by atoms with E-state index >= 15 is 0 Å². The number of hydrogen-bond acceptors (Lipinski definition) is 2. The van der Waals surface area contributed by atoms with Crippen LogP contribution in [0, 0.1) is 0 Å². The Morgan fingerprint density at radius 2 is 0.808 bits per heavy atom. The van der Waals surface area contributed by atoms with Crippen LogP contribution in [0.4, 0.5) is 65.9 Å². The molecule has 0 rings (SSSR count). The maximum atomic E-state index is 13.0. The van der Waals surface area contributed by atoms with Gasteiger partial charge in [0, 0.05) is 0 Å². The number of rotatable bonds is 6. The van der Waals surface area contributed by atoms with Crippen LogP contribution in [0.1, 0.15) is 0 Å². The second-order valence-corrected chi connectivity index (χ2v) is 4.43. The normalized spacial score (nSPS) is 16.8. The molecule has 26 heavy (non-hydrogen) atoms. The highest BCUT2D eigenvalue weighted by atomic mass is 19.4. The van der Waals surface area contributed by atoms with Gasteiger partial charge in [-0.15, -0.1) is 0 Å². The zero-order chi connectivity index (χ0) is 21.8. The quantitative estimate of drug-likeness (QED) is 0.220. The van der Waals surface area contributed by atoms with Gasteiger partial charge in [0.2, 0.25) is 5.84 Å². The Morgan fingerprint density at radius 3 is 1.08 bits per heavy atom. The van der Waals surface area contributed by atoms with Crippen LogP contribution in [0.3, 0.4) is 0 Å². The van der Waals surface area contributed by atoms with Gasteiger partial charge in [-0.1, -0.05) is 5.16 Å². The van der Waals surface area contributed by atoms with Gasteiger partial charge in [0.1, 0.15) is 0 Å². The van der Waals surface area contributed by atoms with E-state index in [-0.39, 0.29) is 0 Å². The molecule has 0 spiro atoms. The molecule has 0 heterocycles. The molecule has 0 unspecified atom stereocenters. The Labute approximate surface area is 131 Å². The fourth-order valence-corrected chi connectivity index (χ4v) is 1.19. The zero-order valence-corrected chi connectivity index (χ0v) is 11.1. The van der Waals surface area contributed by atoms with Crippen molar-refractivity contribution < 1.29 is 71.1 Å². The highest BCUT2D eigenvalue weighted by Crippen LogP contribution is 2.62. The summed E-state index contributed by atoms with van der Waals surface area (Å²) in [5, 5.41) is 8.74. The monoisotopic (exact) mass is 428 g/mol. The molecule has 0 aromatic heterocycles. The number of halogens is 15. The smallest absolute Gasteiger partial charge is 0.409 e. The number of nitrogens with two attached hydrogens (primary N) is 1. The molecular weight excluding hydrogens is 425 g/mol. The van der Waals surface area contributed by atoms with Crippen molar-refractivity contribution in [3.8, 4) is 0 Å². The van der Waals surface area contributed by atoms with Crippen LogP contribution in [0.5, 0.6) is 0 Å². The average Bonchev–Trinajstić information content (AvgIpc) is 2.43. The van der Waals surface area contributed by atoms with Gasteiger partial charge in [-0.25, -0.2) is 0 Å². The van der Waals surface area contributed by atoms with Gasteiger partial charge in [0.25, 0.3) is 0 Å². The van der Waals surface area contributed by atoms with Crippen molar-refractivity contribution in [1.29, 1.82) is 0 Å². The van der Waals surface area contributed by atoms with Crippen LogP contribution in [0.25, 0.3) is 0 Å². The molecule has 0 saturated heterocycles. The summed E-state index contributed by atoms with van der Waals surface area (Å²) in [6.45, 7) is 0. The third-order valence-corrected chi connectivity index (χ3v) is 2.76. The molecule has 0 radical (unpaired) electrons. The number of amidine groups is 1. The number of oxime groups is 1. The lowest BCUT2D eigenvalue weighted by Gasteiger charge is -2.41. The molecule has 0 aromatic carbocycles. The molecule has 0 aromatic rings. The number of nitrogens with zero attached hydrogens (tertiary/aromatic N) is 1. The third-order valence-electron chi connectivity index (χ3n) is 2.76. The van der Waals surface area contributed by atoms with E-state index in [1.807, 2.05) is 0 Å². The molecule has 0 aliphatic carbocycles. The van der Waals surface area contributed by atoms with Gasteiger partial charge in [-0.05, 0) is 0 Å². The summed E-state index contributed by atoms with van der Waals surface area (Å²) < 4.78 is 190. The molecule has 0 atom stereocenters. The van der Waals surface area contributed by atoms with Gasteiger partial charge >= 0.3 is 41.7 Å². The van der Waals surface area contributed by atoms with E-state index in [1.165, 1.54) is 0 Å². The third kappa shape index (κ3) is 2.76. The minimum atomic E-state index is -8.40. The Hall–Kier alpha value is -1.78. The van der Waals surface area contributed by atoms with Crippen molar-refractivity contribution in [2.24, 2.45) is 10.9 Å². The summed E-state index contributed by atoms with van der Waals surface area (Å²) in [4.78, 5) is 0. The predicted octanol–water partition coefficient (Wildman–Crippen LogP) is 4.11. The molecule has 0 fully saturated rings. The van der Waals surface area contributed by atoms with E-state index in [9.17, 15) is 65.9 Å². The van der Waals surface area contributed by atoms with Gasteiger partial charge in [-0.2, -0.15) is 65.9 Å². The van der Waals surface area contributed by atoms with Crippen molar-refractivity contribution >= 4 is 5.84 Å². The Balaban J connectivity index is 6.61. The summed E-state index contributed by atoms with van der Waals surface area (Å²) in [6.07, 6.45) is -7.67. The van der Waals surface area contributed by atoms with Crippen LogP contribution >= 0.6 is 0 Å². The molecule has 0 bridgehead atoms. The Morgan fingerprint density at radius 1 is 0.538 bits per heavy atom. The van der Waals surface area contributed by atoms with Crippen LogP contribution in [-0.2, 0) is 0 Å². The first-order chi connectivity index (χ1) is 11.0. The molecule has 0 saturated carbocycles. The van der Waals surface area contributed by atoms with Crippen LogP contribution < -0.4 is 5.73 Å². The van der Waals surface area contributed by atoms with Crippen molar-refractivity contribution in [1.82, 2.24) is 0 Å². The van der Waals surface area contributed by atoms with E-state index in [2.05, 4.69) is 5.73 Å². The first-order valence-corrected chi connectivity index (χ1v) is 5.30. The first-order valence-electron chi connectivity index (χ1n) is 5.30. The van der Waals surface area contributed by atoms with Crippen molar-refractivity contribution in [3.05, 3.63) is 0 Å². The largest absolute Gasteiger partial charge is 0.460 e. The first kappa shape index (κ1) is 24.2. The Kier molecular flexibility index (Phi) is 5.46. The lowest BCUT2D eigenvalue weighted by molar-refractivity contribution is -0.448. The van der Waals surface area contributed by atoms with E-state index in [0.717, 1.165) is 5.16 Å². The van der Waals surface area contributed by atoms with E-state index < -0.39 is 47.5 Å². The summed E-state index contributed by atoms with van der Waals surface area (Å²) in [5.41, 5.74) is 3.82. The summed E-state index contributed by atoms with van der Waals surface area (Å²) in [6, 6.07) is 0. The minimum absolute atomic E-state index is 1.04. The fourth-order valence-electron chi connectivity index (χ4n) is 1.19. The summed E-state index contributed by atoms with van der Waals surface area (Å²) >= 11 is 0. The number of alkyl halides is 15. The molecular formula is C8H3F15N2O. The second kappa shape index (κ2) is 5.86. The van der Waals surface area contributed by atoms with E-state index in [4.69, 9.17) is 5.21 Å². The summed E-state index contributed by atoms with van der Waals surface area (Å²) in [5.74, 6) is -51.0. The van der Waals surface area contributed by atoms with Crippen molar-refractivity contribution in [2.75, 3.05) is 0 Å². The van der Waals surface area contributed by atoms with E-state index in [0.29, 0.717) is 0 Å². The maximum absolute atomic E-state index is 13.0. The SMILES string of the molecule is N/C(=N\O)C(F)(F)C(F)(F)C(F)(F)C(F)(F)C(F)(F)C(F)(F)C(F)(F)F. The molecule has 0 amide bonds. The Bertz CT molecular complexity index is 562. The second-order valence-electron chi connectivity index (χ2n) is 4.43. The van der Waals surface area contributed by atoms with Crippen LogP contribution in [0.2, 0.25) is 0 Å². The van der Waals surface area contributed by atoms with Gasteiger partial charge in [-0.3, -0.25) is 0 Å².